The Balaban J connectivity index is 1.92. The van der Waals surface area contributed by atoms with E-state index in [1.165, 1.54) is 18.2 Å². The molecule has 0 unspecified atom stereocenters. The van der Waals surface area contributed by atoms with Crippen molar-refractivity contribution in [2.24, 2.45) is 0 Å². The fourth-order valence-electron chi connectivity index (χ4n) is 2.11. The quantitative estimate of drug-likeness (QED) is 0.522. The van der Waals surface area contributed by atoms with E-state index in [9.17, 15) is 14.9 Å². The lowest BCUT2D eigenvalue weighted by molar-refractivity contribution is -0.384. The number of anilines is 1. The Bertz CT molecular complexity index is 751. The number of nitrogens with zero attached hydrogens (tertiary/aromatic N) is 2. The molecule has 8 heteroatoms. The van der Waals surface area contributed by atoms with Gasteiger partial charge in [-0.15, -0.1) is 0 Å². The number of halogens is 2. The van der Waals surface area contributed by atoms with E-state index in [0.717, 1.165) is 10.0 Å². The second-order valence-corrected chi connectivity index (χ2v) is 7.04. The first-order valence-electron chi connectivity index (χ1n) is 7.02. The molecule has 0 aliphatic rings. The van der Waals surface area contributed by atoms with Gasteiger partial charge >= 0.3 is 0 Å². The van der Waals surface area contributed by atoms with Crippen LogP contribution in [-0.2, 0) is 11.3 Å². The normalized spacial score (nSPS) is 10.7. The summed E-state index contributed by atoms with van der Waals surface area (Å²) >= 11 is 6.62. The average Bonchev–Trinajstić information content (AvgIpc) is 2.51. The standard InChI is InChI=1S/C16H15Br2N3O3/c1-20(9-11-2-4-12(17)5-3-11)10-16(22)19-15-7-6-13(21(23)24)8-14(15)18/h2-8H,9-10H2,1H3,(H,19,22). The van der Waals surface area contributed by atoms with Gasteiger partial charge in [0.25, 0.3) is 5.69 Å². The Kier molecular flexibility index (Phi) is 6.47. The average molecular weight is 457 g/mol. The Morgan fingerprint density at radius 2 is 1.88 bits per heavy atom. The highest BCUT2D eigenvalue weighted by Crippen LogP contribution is 2.27. The van der Waals surface area contributed by atoms with Gasteiger partial charge < -0.3 is 5.32 Å². The number of amides is 1. The molecule has 0 heterocycles. The number of carbonyl (C=O) groups is 1. The Morgan fingerprint density at radius 3 is 2.46 bits per heavy atom. The maximum Gasteiger partial charge on any atom is 0.270 e. The predicted octanol–water partition coefficient (Wildman–Crippen LogP) is 4.19. The first kappa shape index (κ1) is 18.6. The molecule has 2 aromatic carbocycles. The summed E-state index contributed by atoms with van der Waals surface area (Å²) in [4.78, 5) is 24.2. The maximum absolute atomic E-state index is 12.1. The van der Waals surface area contributed by atoms with Crippen molar-refractivity contribution in [2.45, 2.75) is 6.54 Å². The van der Waals surface area contributed by atoms with Crippen molar-refractivity contribution in [2.75, 3.05) is 18.9 Å². The van der Waals surface area contributed by atoms with Crippen molar-refractivity contribution in [3.63, 3.8) is 0 Å². The molecule has 2 aromatic rings. The second-order valence-electron chi connectivity index (χ2n) is 5.27. The monoisotopic (exact) mass is 455 g/mol. The van der Waals surface area contributed by atoms with E-state index in [-0.39, 0.29) is 18.1 Å². The molecule has 0 aromatic heterocycles. The summed E-state index contributed by atoms with van der Waals surface area (Å²) in [5.74, 6) is -0.191. The highest BCUT2D eigenvalue weighted by atomic mass is 79.9. The number of nitro groups is 1. The van der Waals surface area contributed by atoms with Gasteiger partial charge in [-0.05, 0) is 46.7 Å². The Labute approximate surface area is 156 Å². The van der Waals surface area contributed by atoms with Crippen LogP contribution in [0.4, 0.5) is 11.4 Å². The van der Waals surface area contributed by atoms with Crippen LogP contribution in [0.3, 0.4) is 0 Å². The summed E-state index contributed by atoms with van der Waals surface area (Å²) in [5, 5.41) is 13.5. The summed E-state index contributed by atoms with van der Waals surface area (Å²) < 4.78 is 1.48. The van der Waals surface area contributed by atoms with Crippen molar-refractivity contribution < 1.29 is 9.72 Å². The predicted molar refractivity (Wildman–Crippen MR) is 99.9 cm³/mol. The van der Waals surface area contributed by atoms with Crippen molar-refractivity contribution in [1.82, 2.24) is 4.90 Å². The number of nitrogens with one attached hydrogen (secondary N) is 1. The van der Waals surface area contributed by atoms with Crippen LogP contribution in [0, 0.1) is 10.1 Å². The number of non-ortho nitro benzene ring substituents is 1. The van der Waals surface area contributed by atoms with Crippen LogP contribution in [0.2, 0.25) is 0 Å². The van der Waals surface area contributed by atoms with E-state index >= 15 is 0 Å². The molecule has 0 aliphatic heterocycles. The lowest BCUT2D eigenvalue weighted by Crippen LogP contribution is -2.29. The van der Waals surface area contributed by atoms with E-state index in [1.54, 1.807) is 0 Å². The van der Waals surface area contributed by atoms with Gasteiger partial charge in [0, 0.05) is 27.6 Å². The number of rotatable bonds is 6. The molecule has 1 amide bonds. The summed E-state index contributed by atoms with van der Waals surface area (Å²) in [7, 11) is 1.85. The number of likely N-dealkylation sites (N-methyl/N-ethyl adjacent to an activating group) is 1. The molecule has 126 valence electrons. The summed E-state index contributed by atoms with van der Waals surface area (Å²) in [6, 6.07) is 12.1. The van der Waals surface area contributed by atoms with Crippen LogP contribution in [0.15, 0.2) is 51.4 Å². The van der Waals surface area contributed by atoms with Gasteiger partial charge in [-0.25, -0.2) is 0 Å². The van der Waals surface area contributed by atoms with E-state index in [2.05, 4.69) is 37.2 Å². The zero-order valence-electron chi connectivity index (χ0n) is 12.8. The van der Waals surface area contributed by atoms with E-state index in [4.69, 9.17) is 0 Å². The van der Waals surface area contributed by atoms with Gasteiger partial charge in [-0.1, -0.05) is 28.1 Å². The van der Waals surface area contributed by atoms with Crippen LogP contribution in [0.1, 0.15) is 5.56 Å². The zero-order valence-corrected chi connectivity index (χ0v) is 16.0. The minimum absolute atomic E-state index is 0.0350. The fraction of sp³-hybridized carbons (Fsp3) is 0.188. The molecule has 0 bridgehead atoms. The molecule has 0 saturated heterocycles. The topological polar surface area (TPSA) is 75.5 Å². The molecule has 6 nitrogen and oxygen atoms in total. The number of hydrogen-bond acceptors (Lipinski definition) is 4. The summed E-state index contributed by atoms with van der Waals surface area (Å²) in [6.45, 7) is 0.849. The highest BCUT2D eigenvalue weighted by molar-refractivity contribution is 9.10. The Hall–Kier alpha value is -1.77. The minimum Gasteiger partial charge on any atom is -0.324 e. The first-order chi connectivity index (χ1) is 11.3. The van der Waals surface area contributed by atoms with Crippen LogP contribution in [0.5, 0.6) is 0 Å². The summed E-state index contributed by atoms with van der Waals surface area (Å²) in [5.41, 5.74) is 1.57. The van der Waals surface area contributed by atoms with Crippen LogP contribution in [0.25, 0.3) is 0 Å². The minimum atomic E-state index is -0.484. The van der Waals surface area contributed by atoms with E-state index in [1.807, 2.05) is 36.2 Å². The molecule has 0 fully saturated rings. The van der Waals surface area contributed by atoms with Crippen molar-refractivity contribution in [3.8, 4) is 0 Å². The molecule has 0 spiro atoms. The number of nitro benzene ring substituents is 1. The van der Waals surface area contributed by atoms with Crippen LogP contribution in [-0.4, -0.2) is 29.3 Å². The maximum atomic E-state index is 12.1. The van der Waals surface area contributed by atoms with Gasteiger partial charge in [0.05, 0.1) is 17.2 Å². The smallest absolute Gasteiger partial charge is 0.270 e. The molecule has 0 aliphatic carbocycles. The van der Waals surface area contributed by atoms with Gasteiger partial charge in [-0.2, -0.15) is 0 Å². The second kappa shape index (κ2) is 8.36. The number of carbonyl (C=O) groups excluding carboxylic acids is 1. The van der Waals surface area contributed by atoms with Gasteiger partial charge in [0.1, 0.15) is 0 Å². The number of hydrogen-bond donors (Lipinski definition) is 1. The SMILES string of the molecule is CN(CC(=O)Nc1ccc([N+](=O)[O-])cc1Br)Cc1ccc(Br)cc1. The zero-order chi connectivity index (χ0) is 17.7. The third-order valence-corrected chi connectivity index (χ3v) is 4.40. The molecular weight excluding hydrogens is 442 g/mol. The molecule has 1 N–H and O–H groups in total. The molecule has 0 radical (unpaired) electrons. The lowest BCUT2D eigenvalue weighted by atomic mass is 10.2. The van der Waals surface area contributed by atoms with Gasteiger partial charge in [0.15, 0.2) is 0 Å². The van der Waals surface area contributed by atoms with Gasteiger partial charge in [0.2, 0.25) is 5.91 Å². The molecule has 24 heavy (non-hydrogen) atoms. The largest absolute Gasteiger partial charge is 0.324 e. The van der Waals surface area contributed by atoms with E-state index in [0.29, 0.717) is 16.7 Å². The van der Waals surface area contributed by atoms with Crippen LogP contribution >= 0.6 is 31.9 Å². The molecule has 2 rings (SSSR count). The number of benzene rings is 2. The van der Waals surface area contributed by atoms with Crippen molar-refractivity contribution in [3.05, 3.63) is 67.1 Å². The third kappa shape index (κ3) is 5.40. The molecular formula is C16H15Br2N3O3. The molecule has 0 saturated carbocycles. The lowest BCUT2D eigenvalue weighted by Gasteiger charge is -2.16. The Morgan fingerprint density at radius 1 is 1.21 bits per heavy atom. The van der Waals surface area contributed by atoms with Crippen LogP contribution < -0.4 is 5.32 Å². The summed E-state index contributed by atoms with van der Waals surface area (Å²) in [6.07, 6.45) is 0. The van der Waals surface area contributed by atoms with Crippen molar-refractivity contribution >= 4 is 49.1 Å². The highest BCUT2D eigenvalue weighted by Gasteiger charge is 2.12. The van der Waals surface area contributed by atoms with Crippen molar-refractivity contribution in [1.29, 1.82) is 0 Å². The third-order valence-electron chi connectivity index (χ3n) is 3.22. The first-order valence-corrected chi connectivity index (χ1v) is 8.60. The molecule has 0 atom stereocenters. The van der Waals surface area contributed by atoms with Gasteiger partial charge in [-0.3, -0.25) is 19.8 Å². The van der Waals surface area contributed by atoms with E-state index < -0.39 is 4.92 Å². The fourth-order valence-corrected chi connectivity index (χ4v) is 2.84.